The molecule has 3 aromatic carbocycles. The number of benzene rings is 3. The molecule has 1 unspecified atom stereocenters. The molecule has 0 aliphatic carbocycles. The monoisotopic (exact) mass is 796 g/mol. The Morgan fingerprint density at radius 3 is 0.885 bits per heavy atom. The fourth-order valence-electron chi connectivity index (χ4n) is 4.79. The van der Waals surface area contributed by atoms with Gasteiger partial charge in [0, 0.05) is 0 Å². The first-order valence-electron chi connectivity index (χ1n) is 17.6. The van der Waals surface area contributed by atoms with Gasteiger partial charge in [0.15, 0.2) is 0 Å². The van der Waals surface area contributed by atoms with Gasteiger partial charge in [-0.1, -0.05) is 54.6 Å². The molecule has 4 rings (SSSR count). The van der Waals surface area contributed by atoms with Crippen LogP contribution in [-0.2, 0) is 22.6 Å². The average molecular weight is 797 g/mol. The molecule has 1 atom stereocenters. The van der Waals surface area contributed by atoms with Crippen LogP contribution < -0.4 is 13.6 Å². The number of hydrogen-bond acceptors (Lipinski definition) is 12. The SMILES string of the molecule is Cc1ccccc1OP1(Oc2ccccc2C)=NP(OC(C)C)(OC(C)C)=NP(OC(C)C)(OC(C)C)=NP(Oc2ccccc2C)(OC(C)C)=N1. The smallest absolute Gasteiger partial charge is 0.422 e. The van der Waals surface area contributed by atoms with Crippen LogP contribution in [0.25, 0.3) is 0 Å². The molecule has 0 aromatic heterocycles. The zero-order valence-corrected chi connectivity index (χ0v) is 36.2. The minimum atomic E-state index is -4.08. The van der Waals surface area contributed by atoms with Gasteiger partial charge in [0.1, 0.15) is 17.2 Å². The van der Waals surface area contributed by atoms with Crippen molar-refractivity contribution in [1.29, 1.82) is 0 Å². The molecule has 0 fully saturated rings. The molecular formula is C36H56N4O8P4. The largest absolute Gasteiger partial charge is 0.458 e. The third kappa shape index (κ3) is 11.6. The first-order chi connectivity index (χ1) is 24.4. The maximum atomic E-state index is 7.02. The number of rotatable bonds is 16. The van der Waals surface area contributed by atoms with Gasteiger partial charge in [0.2, 0.25) is 0 Å². The highest BCUT2D eigenvalue weighted by Gasteiger charge is 2.47. The van der Waals surface area contributed by atoms with Gasteiger partial charge >= 0.3 is 30.6 Å². The third-order valence-electron chi connectivity index (χ3n) is 6.58. The molecule has 0 amide bonds. The van der Waals surface area contributed by atoms with E-state index < -0.39 is 61.2 Å². The average Bonchev–Trinajstić information content (AvgIpc) is 2.98. The van der Waals surface area contributed by atoms with E-state index in [2.05, 4.69) is 0 Å². The van der Waals surface area contributed by atoms with Crippen molar-refractivity contribution in [3.8, 4) is 17.2 Å². The maximum absolute atomic E-state index is 7.02. The summed E-state index contributed by atoms with van der Waals surface area (Å²) in [7, 11) is -15.7. The maximum Gasteiger partial charge on any atom is 0.458 e. The molecule has 0 radical (unpaired) electrons. The topological polar surface area (TPSA) is 123 Å². The van der Waals surface area contributed by atoms with Crippen molar-refractivity contribution in [2.45, 2.75) is 121 Å². The van der Waals surface area contributed by atoms with Crippen molar-refractivity contribution in [3.05, 3.63) is 89.5 Å². The lowest BCUT2D eigenvalue weighted by atomic mass is 10.2. The van der Waals surface area contributed by atoms with Gasteiger partial charge in [-0.05, 0) is 125 Å². The lowest BCUT2D eigenvalue weighted by molar-refractivity contribution is 0.159. The second kappa shape index (κ2) is 17.9. The van der Waals surface area contributed by atoms with Gasteiger partial charge in [0.05, 0.1) is 30.5 Å². The van der Waals surface area contributed by atoms with E-state index in [1.807, 2.05) is 163 Å². The van der Waals surface area contributed by atoms with Gasteiger partial charge in [-0.2, -0.15) is 0 Å². The highest BCUT2D eigenvalue weighted by Crippen LogP contribution is 2.81. The predicted octanol–water partition coefficient (Wildman–Crippen LogP) is 14.1. The van der Waals surface area contributed by atoms with Crippen molar-refractivity contribution in [1.82, 2.24) is 0 Å². The first-order valence-corrected chi connectivity index (χ1v) is 23.7. The summed E-state index contributed by atoms with van der Waals surface area (Å²) in [5.41, 5.74) is 2.50. The Hall–Kier alpha value is -2.22. The molecule has 3 aromatic rings. The number of aryl methyl sites for hydroxylation is 3. The van der Waals surface area contributed by atoms with Crippen LogP contribution in [0.5, 0.6) is 17.2 Å². The Labute approximate surface area is 311 Å². The molecule has 52 heavy (non-hydrogen) atoms. The molecule has 0 bridgehead atoms. The molecule has 1 aliphatic rings. The molecule has 0 spiro atoms. The van der Waals surface area contributed by atoms with E-state index in [9.17, 15) is 0 Å². The summed E-state index contributed by atoms with van der Waals surface area (Å²) in [5, 5.41) is 0. The molecular weight excluding hydrogens is 740 g/mol. The molecule has 0 saturated carbocycles. The third-order valence-corrected chi connectivity index (χ3v) is 18.6. The van der Waals surface area contributed by atoms with E-state index in [0.717, 1.165) is 16.7 Å². The summed E-state index contributed by atoms with van der Waals surface area (Å²) >= 11 is 0. The van der Waals surface area contributed by atoms with Crippen LogP contribution in [0.15, 0.2) is 90.9 Å². The molecule has 0 saturated heterocycles. The minimum Gasteiger partial charge on any atom is -0.422 e. The summed E-state index contributed by atoms with van der Waals surface area (Å²) < 4.78 is 76.2. The van der Waals surface area contributed by atoms with Crippen LogP contribution in [0.2, 0.25) is 0 Å². The van der Waals surface area contributed by atoms with Crippen LogP contribution in [0, 0.1) is 20.8 Å². The Kier molecular flexibility index (Phi) is 14.7. The highest BCUT2D eigenvalue weighted by atomic mass is 31.3. The zero-order chi connectivity index (χ0) is 38.3. The summed E-state index contributed by atoms with van der Waals surface area (Å²) in [5.74, 6) is 1.47. The summed E-state index contributed by atoms with van der Waals surface area (Å²) in [6, 6.07) is 22.8. The lowest BCUT2D eigenvalue weighted by Gasteiger charge is -2.35. The Morgan fingerprint density at radius 1 is 0.346 bits per heavy atom. The fourth-order valence-corrected chi connectivity index (χ4v) is 18.1. The second-order valence-corrected chi connectivity index (χ2v) is 22.0. The fraction of sp³-hybridized carbons (Fsp3) is 0.500. The number of para-hydroxylation sites is 3. The van der Waals surface area contributed by atoms with Crippen molar-refractivity contribution in [2.75, 3.05) is 0 Å². The van der Waals surface area contributed by atoms with Gasteiger partial charge in [-0.3, -0.25) is 4.52 Å². The number of hydrogen-bond donors (Lipinski definition) is 0. The Morgan fingerprint density at radius 2 is 0.577 bits per heavy atom. The lowest BCUT2D eigenvalue weighted by Crippen LogP contribution is -2.14. The minimum absolute atomic E-state index is 0.399. The van der Waals surface area contributed by atoms with E-state index >= 15 is 0 Å². The molecule has 0 N–H and O–H groups in total. The molecule has 288 valence electrons. The molecule has 1 heterocycles. The van der Waals surface area contributed by atoms with Crippen LogP contribution in [-0.4, -0.2) is 30.5 Å². The second-order valence-electron chi connectivity index (χ2n) is 13.7. The van der Waals surface area contributed by atoms with E-state index in [1.165, 1.54) is 0 Å². The quantitative estimate of drug-likeness (QED) is 0.131. The van der Waals surface area contributed by atoms with Gasteiger partial charge in [0.25, 0.3) is 0 Å². The summed E-state index contributed by atoms with van der Waals surface area (Å²) in [6.07, 6.45) is -2.06. The number of nitrogens with zero attached hydrogens (tertiary/aromatic N) is 4. The molecule has 12 nitrogen and oxygen atoms in total. The van der Waals surface area contributed by atoms with E-state index in [1.54, 1.807) is 0 Å². The van der Waals surface area contributed by atoms with Crippen molar-refractivity contribution in [3.63, 3.8) is 0 Å². The highest BCUT2D eigenvalue weighted by molar-refractivity contribution is 7.78. The molecule has 16 heteroatoms. The standard InChI is InChI=1S/C36H56N4O8P4/c1-26(2)41-49(42-27(3)4)37-50(43-28(5)6,44-29(7)8)39-52(47-35-24-18-15-21-32(35)12,48-36-25-19-16-22-33(36)13)40-51(38-49,45-30(9)10)46-34-23-17-14-20-31(34)11/h14-30H,1-13H3. The van der Waals surface area contributed by atoms with E-state index in [4.69, 9.17) is 54.3 Å². The zero-order valence-electron chi connectivity index (χ0n) is 32.7. The Balaban J connectivity index is 2.36. The van der Waals surface area contributed by atoms with Crippen molar-refractivity contribution < 1.29 is 36.2 Å². The van der Waals surface area contributed by atoms with Gasteiger partial charge in [-0.25, -0.2) is 0 Å². The van der Waals surface area contributed by atoms with Crippen LogP contribution in [0.4, 0.5) is 0 Å². The normalized spacial score (nSPS) is 19.3. The van der Waals surface area contributed by atoms with Crippen LogP contribution in [0.3, 0.4) is 0 Å². The first kappa shape index (κ1) is 42.5. The van der Waals surface area contributed by atoms with Crippen LogP contribution in [0.1, 0.15) is 85.9 Å². The predicted molar refractivity (Wildman–Crippen MR) is 214 cm³/mol. The van der Waals surface area contributed by atoms with Gasteiger partial charge in [-0.15, -0.1) is 18.1 Å². The van der Waals surface area contributed by atoms with Crippen LogP contribution >= 0.6 is 30.6 Å². The summed E-state index contributed by atoms with van der Waals surface area (Å²) in [4.78, 5) is 0. The van der Waals surface area contributed by atoms with Crippen molar-refractivity contribution in [2.24, 2.45) is 18.1 Å². The summed E-state index contributed by atoms with van der Waals surface area (Å²) in [6.45, 7) is 24.7. The van der Waals surface area contributed by atoms with Gasteiger partial charge < -0.3 is 31.7 Å². The Bertz CT molecular complexity index is 1830. The van der Waals surface area contributed by atoms with E-state index in [-0.39, 0.29) is 0 Å². The van der Waals surface area contributed by atoms with Crippen molar-refractivity contribution >= 4 is 30.6 Å². The molecule has 1 aliphatic heterocycles. The van der Waals surface area contributed by atoms with E-state index in [0.29, 0.717) is 17.2 Å².